The van der Waals surface area contributed by atoms with Gasteiger partial charge in [-0.05, 0) is 50.0 Å². The van der Waals surface area contributed by atoms with Crippen molar-refractivity contribution < 1.29 is 4.79 Å². The van der Waals surface area contributed by atoms with Crippen LogP contribution in [0.25, 0.3) is 0 Å². The van der Waals surface area contributed by atoms with Gasteiger partial charge in [0.2, 0.25) is 0 Å². The molecule has 1 aromatic rings. The lowest BCUT2D eigenvalue weighted by atomic mass is 9.92. The summed E-state index contributed by atoms with van der Waals surface area (Å²) in [5, 5.41) is 0.933. The van der Waals surface area contributed by atoms with E-state index in [9.17, 15) is 4.79 Å². The number of carbonyl (C=O) groups is 1. The Balaban J connectivity index is 1.87. The Morgan fingerprint density at radius 3 is 2.55 bits per heavy atom. The van der Waals surface area contributed by atoms with Crippen LogP contribution in [0, 0.1) is 5.92 Å². The van der Waals surface area contributed by atoms with Gasteiger partial charge < -0.3 is 0 Å². The maximum Gasteiger partial charge on any atom is 0.176 e. The van der Waals surface area contributed by atoms with Crippen LogP contribution in [0.15, 0.2) is 18.2 Å². The molecule has 20 heavy (non-hydrogen) atoms. The molecular weight excluding hydrogens is 293 g/mol. The Morgan fingerprint density at radius 2 is 1.95 bits per heavy atom. The number of Topliss-reactive ketones (excluding diaryl/α,β-unsaturated/α-hetero) is 1. The molecule has 2 nitrogen and oxygen atoms in total. The minimum Gasteiger partial charge on any atom is -0.296 e. The molecule has 1 saturated heterocycles. The Bertz CT molecular complexity index is 468. The fraction of sp³-hybridized carbons (Fsp3) is 0.562. The van der Waals surface area contributed by atoms with Crippen LogP contribution in [0.1, 0.15) is 43.0 Å². The van der Waals surface area contributed by atoms with E-state index >= 15 is 0 Å². The van der Waals surface area contributed by atoms with Gasteiger partial charge in [-0.1, -0.05) is 43.0 Å². The number of carbonyl (C=O) groups excluding carboxylic acids is 1. The van der Waals surface area contributed by atoms with Gasteiger partial charge in [-0.3, -0.25) is 9.69 Å². The third-order valence-electron chi connectivity index (χ3n) is 4.01. The van der Waals surface area contributed by atoms with Gasteiger partial charge in [0.15, 0.2) is 5.78 Å². The lowest BCUT2D eigenvalue weighted by molar-refractivity contribution is 0.0893. The largest absolute Gasteiger partial charge is 0.296 e. The summed E-state index contributed by atoms with van der Waals surface area (Å²) in [6.45, 7) is 4.77. The second kappa shape index (κ2) is 7.44. The third-order valence-corrected chi connectivity index (χ3v) is 4.75. The molecule has 0 N–H and O–H groups in total. The minimum atomic E-state index is 0.123. The molecule has 0 amide bonds. The molecule has 1 aliphatic rings. The van der Waals surface area contributed by atoms with E-state index in [1.807, 2.05) is 0 Å². The zero-order chi connectivity index (χ0) is 14.5. The SMILES string of the molecule is CCCC1CCN(CC(=O)c2ccc(Cl)c(Cl)c2)CC1. The van der Waals surface area contributed by atoms with E-state index in [2.05, 4.69) is 11.8 Å². The Kier molecular flexibility index (Phi) is 5.88. The molecular formula is C16H21Cl2NO. The number of hydrogen-bond acceptors (Lipinski definition) is 2. The van der Waals surface area contributed by atoms with Crippen LogP contribution in [0.4, 0.5) is 0 Å². The summed E-state index contributed by atoms with van der Waals surface area (Å²) in [6, 6.07) is 5.10. The molecule has 0 unspecified atom stereocenters. The third kappa shape index (κ3) is 4.21. The molecule has 1 heterocycles. The highest BCUT2D eigenvalue weighted by Gasteiger charge is 2.20. The number of hydrogen-bond donors (Lipinski definition) is 0. The van der Waals surface area contributed by atoms with Gasteiger partial charge in [0.1, 0.15) is 0 Å². The number of likely N-dealkylation sites (tertiary alicyclic amines) is 1. The van der Waals surface area contributed by atoms with E-state index in [0.29, 0.717) is 22.2 Å². The molecule has 2 rings (SSSR count). The van der Waals surface area contributed by atoms with Gasteiger partial charge >= 0.3 is 0 Å². The van der Waals surface area contributed by atoms with Crippen LogP contribution in [0.2, 0.25) is 10.0 Å². The van der Waals surface area contributed by atoms with Gasteiger partial charge in [-0.2, -0.15) is 0 Å². The quantitative estimate of drug-likeness (QED) is 0.735. The first-order chi connectivity index (χ1) is 9.60. The van der Waals surface area contributed by atoms with Crippen LogP contribution < -0.4 is 0 Å². The van der Waals surface area contributed by atoms with Crippen molar-refractivity contribution in [2.75, 3.05) is 19.6 Å². The van der Waals surface area contributed by atoms with Gasteiger partial charge in [-0.15, -0.1) is 0 Å². The van der Waals surface area contributed by atoms with Crippen LogP contribution in [0.3, 0.4) is 0 Å². The lowest BCUT2D eigenvalue weighted by Crippen LogP contribution is -2.37. The number of halogens is 2. The van der Waals surface area contributed by atoms with E-state index in [4.69, 9.17) is 23.2 Å². The molecule has 0 bridgehead atoms. The Morgan fingerprint density at radius 1 is 1.25 bits per heavy atom. The Hall–Kier alpha value is -0.570. The number of nitrogens with zero attached hydrogens (tertiary/aromatic N) is 1. The topological polar surface area (TPSA) is 20.3 Å². The molecule has 1 aliphatic heterocycles. The van der Waals surface area contributed by atoms with Crippen LogP contribution >= 0.6 is 23.2 Å². The molecule has 0 radical (unpaired) electrons. The first kappa shape index (κ1) is 15.8. The van der Waals surface area contributed by atoms with Crippen molar-refractivity contribution >= 4 is 29.0 Å². The predicted molar refractivity (Wildman–Crippen MR) is 84.9 cm³/mol. The van der Waals surface area contributed by atoms with Crippen molar-refractivity contribution in [2.45, 2.75) is 32.6 Å². The van der Waals surface area contributed by atoms with Crippen LogP contribution in [-0.4, -0.2) is 30.3 Å². The van der Waals surface area contributed by atoms with E-state index in [1.54, 1.807) is 18.2 Å². The summed E-state index contributed by atoms with van der Waals surface area (Å²) in [7, 11) is 0. The van der Waals surface area contributed by atoms with Crippen molar-refractivity contribution in [3.05, 3.63) is 33.8 Å². The van der Waals surface area contributed by atoms with Crippen LogP contribution in [-0.2, 0) is 0 Å². The van der Waals surface area contributed by atoms with E-state index < -0.39 is 0 Å². The molecule has 0 saturated carbocycles. The summed E-state index contributed by atoms with van der Waals surface area (Å²) in [5.41, 5.74) is 0.648. The maximum absolute atomic E-state index is 12.2. The van der Waals surface area contributed by atoms with Gasteiger partial charge in [0, 0.05) is 5.56 Å². The highest BCUT2D eigenvalue weighted by atomic mass is 35.5. The molecule has 0 spiro atoms. The Labute approximate surface area is 131 Å². The zero-order valence-corrected chi connectivity index (χ0v) is 13.4. The van der Waals surface area contributed by atoms with Gasteiger partial charge in [0.05, 0.1) is 16.6 Å². The average Bonchev–Trinajstić information content (AvgIpc) is 2.44. The summed E-state index contributed by atoms with van der Waals surface area (Å²) < 4.78 is 0. The van der Waals surface area contributed by atoms with Crippen molar-refractivity contribution in [1.82, 2.24) is 4.90 Å². The van der Waals surface area contributed by atoms with Crippen molar-refractivity contribution in [2.24, 2.45) is 5.92 Å². The molecule has 1 aromatic carbocycles. The highest BCUT2D eigenvalue weighted by molar-refractivity contribution is 6.42. The van der Waals surface area contributed by atoms with E-state index in [-0.39, 0.29) is 5.78 Å². The fourth-order valence-electron chi connectivity index (χ4n) is 2.81. The molecule has 0 atom stereocenters. The van der Waals surface area contributed by atoms with Crippen molar-refractivity contribution in [1.29, 1.82) is 0 Å². The molecule has 4 heteroatoms. The summed E-state index contributed by atoms with van der Waals surface area (Å²) in [6.07, 6.45) is 4.99. The van der Waals surface area contributed by atoms with Crippen molar-refractivity contribution in [3.63, 3.8) is 0 Å². The molecule has 1 fully saturated rings. The first-order valence-electron chi connectivity index (χ1n) is 7.30. The summed E-state index contributed by atoms with van der Waals surface area (Å²) in [5.74, 6) is 0.967. The average molecular weight is 314 g/mol. The predicted octanol–water partition coefficient (Wildman–Crippen LogP) is 4.69. The van der Waals surface area contributed by atoms with E-state index in [1.165, 1.54) is 25.7 Å². The standard InChI is InChI=1S/C16H21Cl2NO/c1-2-3-12-6-8-19(9-7-12)11-16(20)13-4-5-14(17)15(18)10-13/h4-5,10,12H,2-3,6-9,11H2,1H3. The summed E-state index contributed by atoms with van der Waals surface area (Å²) in [4.78, 5) is 14.5. The van der Waals surface area contributed by atoms with Crippen molar-refractivity contribution in [3.8, 4) is 0 Å². The zero-order valence-electron chi connectivity index (χ0n) is 11.9. The fourth-order valence-corrected chi connectivity index (χ4v) is 3.10. The molecule has 110 valence electrons. The molecule has 0 aliphatic carbocycles. The summed E-state index contributed by atoms with van der Waals surface area (Å²) >= 11 is 11.8. The number of piperidine rings is 1. The maximum atomic E-state index is 12.2. The lowest BCUT2D eigenvalue weighted by Gasteiger charge is -2.31. The minimum absolute atomic E-state index is 0.123. The second-order valence-corrected chi connectivity index (χ2v) is 6.37. The number of rotatable bonds is 5. The first-order valence-corrected chi connectivity index (χ1v) is 8.06. The smallest absolute Gasteiger partial charge is 0.176 e. The monoisotopic (exact) mass is 313 g/mol. The second-order valence-electron chi connectivity index (χ2n) is 5.56. The van der Waals surface area contributed by atoms with Gasteiger partial charge in [-0.25, -0.2) is 0 Å². The number of benzene rings is 1. The number of ketones is 1. The highest BCUT2D eigenvalue weighted by Crippen LogP contribution is 2.24. The van der Waals surface area contributed by atoms with E-state index in [0.717, 1.165) is 19.0 Å². The normalized spacial score (nSPS) is 17.4. The van der Waals surface area contributed by atoms with Gasteiger partial charge in [0.25, 0.3) is 0 Å². The molecule has 0 aromatic heterocycles. The van der Waals surface area contributed by atoms with Crippen LogP contribution in [0.5, 0.6) is 0 Å².